The van der Waals surface area contributed by atoms with Gasteiger partial charge >= 0.3 is 0 Å². The van der Waals surface area contributed by atoms with E-state index in [4.69, 9.17) is 9.47 Å². The first-order valence-electron chi connectivity index (χ1n) is 9.60. The van der Waals surface area contributed by atoms with E-state index >= 15 is 0 Å². The Bertz CT molecular complexity index is 960. The maximum absolute atomic E-state index is 11.0. The van der Waals surface area contributed by atoms with Crippen molar-refractivity contribution >= 4 is 16.3 Å². The number of hydrogen-bond acceptors (Lipinski definition) is 7. The summed E-state index contributed by atoms with van der Waals surface area (Å²) in [4.78, 5) is 8.45. The summed E-state index contributed by atoms with van der Waals surface area (Å²) in [5.41, 5.74) is 1.07. The smallest absolute Gasteiger partial charge is 0.230 e. The third kappa shape index (κ3) is 3.47. The first-order chi connectivity index (χ1) is 13.5. The normalized spacial score (nSPS) is 21.9. The van der Waals surface area contributed by atoms with Crippen LogP contribution < -0.4 is 4.74 Å². The van der Waals surface area contributed by atoms with Crippen LogP contribution in [0.25, 0.3) is 4.96 Å². The maximum Gasteiger partial charge on any atom is 0.230 e. The molecule has 28 heavy (non-hydrogen) atoms. The zero-order valence-corrected chi connectivity index (χ0v) is 17.4. The van der Waals surface area contributed by atoms with Crippen LogP contribution in [-0.4, -0.2) is 57.0 Å². The zero-order chi connectivity index (χ0) is 19.8. The van der Waals surface area contributed by atoms with E-state index in [-0.39, 0.29) is 24.1 Å². The van der Waals surface area contributed by atoms with Gasteiger partial charge in [-0.05, 0) is 31.5 Å². The predicted octanol–water partition coefficient (Wildman–Crippen LogP) is 3.27. The number of aromatic nitrogens is 3. The molecule has 0 unspecified atom stereocenters. The largest absolute Gasteiger partial charge is 0.497 e. The summed E-state index contributed by atoms with van der Waals surface area (Å²) < 4.78 is 12.9. The van der Waals surface area contributed by atoms with E-state index in [1.54, 1.807) is 11.6 Å². The van der Waals surface area contributed by atoms with Crippen LogP contribution in [0, 0.1) is 0 Å². The summed E-state index contributed by atoms with van der Waals surface area (Å²) in [5.74, 6) is 1.69. The van der Waals surface area contributed by atoms with Crippen molar-refractivity contribution in [3.63, 3.8) is 0 Å². The van der Waals surface area contributed by atoms with Crippen molar-refractivity contribution < 1.29 is 14.6 Å². The molecule has 0 bridgehead atoms. The van der Waals surface area contributed by atoms with Gasteiger partial charge in [-0.25, -0.2) is 4.98 Å². The fourth-order valence-electron chi connectivity index (χ4n) is 3.89. The van der Waals surface area contributed by atoms with E-state index in [1.165, 1.54) is 11.3 Å². The minimum atomic E-state index is -0.123. The number of aryl methyl sites for hydroxylation is 1. The van der Waals surface area contributed by atoms with Gasteiger partial charge in [0.25, 0.3) is 0 Å². The second kappa shape index (κ2) is 7.69. The summed E-state index contributed by atoms with van der Waals surface area (Å²) >= 11 is 1.49. The summed E-state index contributed by atoms with van der Waals surface area (Å²) in [6.07, 6.45) is 0.974. The highest BCUT2D eigenvalue weighted by Gasteiger charge is 2.34. The quantitative estimate of drug-likeness (QED) is 0.706. The number of fused-ring (bicyclic) bond motifs is 1. The summed E-state index contributed by atoms with van der Waals surface area (Å²) in [6.45, 7) is 7.73. The molecule has 0 saturated carbocycles. The van der Waals surface area contributed by atoms with E-state index in [0.29, 0.717) is 4.96 Å². The van der Waals surface area contributed by atoms with Crippen molar-refractivity contribution in [2.45, 2.75) is 45.4 Å². The molecule has 1 saturated heterocycles. The number of morpholine rings is 1. The highest BCUT2D eigenvalue weighted by Crippen LogP contribution is 2.41. The minimum Gasteiger partial charge on any atom is -0.497 e. The van der Waals surface area contributed by atoms with E-state index in [1.807, 2.05) is 25.1 Å². The van der Waals surface area contributed by atoms with Crippen LogP contribution in [0.15, 0.2) is 24.3 Å². The van der Waals surface area contributed by atoms with Crippen LogP contribution in [0.4, 0.5) is 0 Å². The second-order valence-electron chi connectivity index (χ2n) is 7.26. The Kier molecular flexibility index (Phi) is 5.27. The molecular weight excluding hydrogens is 376 g/mol. The van der Waals surface area contributed by atoms with Gasteiger partial charge < -0.3 is 14.6 Å². The molecule has 2 aromatic heterocycles. The molecule has 0 spiro atoms. The molecule has 3 aromatic rings. The van der Waals surface area contributed by atoms with Gasteiger partial charge in [0.1, 0.15) is 5.75 Å². The number of rotatable bonds is 5. The number of methoxy groups -OCH3 is 1. The molecule has 1 aliphatic heterocycles. The SMILES string of the molecule is CCc1nc2sc([C@H](c3cccc(OC)c3)N3C[C@@H](C)O[C@@H](C)C3)c(O)n2n1. The molecule has 0 radical (unpaired) electrons. The number of thiazole rings is 1. The summed E-state index contributed by atoms with van der Waals surface area (Å²) in [5, 5.41) is 15.4. The lowest BCUT2D eigenvalue weighted by Crippen LogP contribution is -2.47. The van der Waals surface area contributed by atoms with E-state index in [0.717, 1.165) is 41.5 Å². The summed E-state index contributed by atoms with van der Waals surface area (Å²) in [6, 6.07) is 7.90. The molecular formula is C20H26N4O3S. The average Bonchev–Trinajstić information content (AvgIpc) is 3.21. The molecule has 3 heterocycles. The lowest BCUT2D eigenvalue weighted by molar-refractivity contribution is -0.0764. The second-order valence-corrected chi connectivity index (χ2v) is 8.27. The Hall–Kier alpha value is -2.16. The molecule has 1 aliphatic rings. The topological polar surface area (TPSA) is 72.1 Å². The lowest BCUT2D eigenvalue weighted by atomic mass is 10.0. The zero-order valence-electron chi connectivity index (χ0n) is 16.6. The molecule has 0 amide bonds. The van der Waals surface area contributed by atoms with Crippen LogP contribution in [0.3, 0.4) is 0 Å². The van der Waals surface area contributed by atoms with Gasteiger partial charge in [-0.1, -0.05) is 30.4 Å². The lowest BCUT2D eigenvalue weighted by Gasteiger charge is -2.40. The van der Waals surface area contributed by atoms with Gasteiger partial charge in [-0.3, -0.25) is 4.90 Å². The van der Waals surface area contributed by atoms with Crippen molar-refractivity contribution in [2.24, 2.45) is 0 Å². The van der Waals surface area contributed by atoms with Gasteiger partial charge in [0.15, 0.2) is 5.82 Å². The fraction of sp³-hybridized carbons (Fsp3) is 0.500. The van der Waals surface area contributed by atoms with Crippen LogP contribution in [0.1, 0.15) is 43.1 Å². The highest BCUT2D eigenvalue weighted by atomic mass is 32.1. The Morgan fingerprint density at radius 3 is 2.71 bits per heavy atom. The van der Waals surface area contributed by atoms with Gasteiger partial charge in [0.2, 0.25) is 10.8 Å². The fourth-order valence-corrected chi connectivity index (χ4v) is 5.02. The number of hydrogen-bond donors (Lipinski definition) is 1. The van der Waals surface area contributed by atoms with Crippen LogP contribution >= 0.6 is 11.3 Å². The Morgan fingerprint density at radius 1 is 1.32 bits per heavy atom. The van der Waals surface area contributed by atoms with Gasteiger partial charge in [-0.2, -0.15) is 4.52 Å². The molecule has 1 aromatic carbocycles. The minimum absolute atomic E-state index is 0.118. The van der Waals surface area contributed by atoms with Crippen LogP contribution in [-0.2, 0) is 11.2 Å². The predicted molar refractivity (Wildman–Crippen MR) is 108 cm³/mol. The van der Waals surface area contributed by atoms with Crippen molar-refractivity contribution in [3.05, 3.63) is 40.5 Å². The molecule has 0 aliphatic carbocycles. The monoisotopic (exact) mass is 402 g/mol. The Morgan fingerprint density at radius 2 is 2.07 bits per heavy atom. The van der Waals surface area contributed by atoms with Gasteiger partial charge in [0, 0.05) is 19.5 Å². The van der Waals surface area contributed by atoms with E-state index < -0.39 is 0 Å². The van der Waals surface area contributed by atoms with Crippen LogP contribution in [0.2, 0.25) is 0 Å². The molecule has 1 fully saturated rings. The van der Waals surface area contributed by atoms with Crippen molar-refractivity contribution in [2.75, 3.05) is 20.2 Å². The Balaban J connectivity index is 1.82. The molecule has 4 rings (SSSR count). The van der Waals surface area contributed by atoms with Crippen molar-refractivity contribution in [3.8, 4) is 11.6 Å². The van der Waals surface area contributed by atoms with Crippen LogP contribution in [0.5, 0.6) is 11.6 Å². The van der Waals surface area contributed by atoms with Crippen molar-refractivity contribution in [1.82, 2.24) is 19.5 Å². The maximum atomic E-state index is 11.0. The number of ether oxygens (including phenoxy) is 2. The van der Waals surface area contributed by atoms with Gasteiger partial charge in [0.05, 0.1) is 30.2 Å². The third-order valence-corrected chi connectivity index (χ3v) is 6.10. The molecule has 7 nitrogen and oxygen atoms in total. The molecule has 3 atom stereocenters. The van der Waals surface area contributed by atoms with Crippen molar-refractivity contribution in [1.29, 1.82) is 0 Å². The number of aromatic hydroxyl groups is 1. The summed E-state index contributed by atoms with van der Waals surface area (Å²) in [7, 11) is 1.67. The number of benzene rings is 1. The van der Waals surface area contributed by atoms with E-state index in [2.05, 4.69) is 34.9 Å². The first kappa shape index (κ1) is 19.2. The molecule has 1 N–H and O–H groups in total. The Labute approximate surface area is 168 Å². The van der Waals surface area contributed by atoms with Gasteiger partial charge in [-0.15, -0.1) is 5.10 Å². The first-order valence-corrected chi connectivity index (χ1v) is 10.4. The molecule has 150 valence electrons. The standard InChI is InChI=1S/C20H26N4O3S/c1-5-16-21-20-24(22-16)19(25)18(28-20)17(14-7-6-8-15(9-14)26-4)23-10-12(2)27-13(3)11-23/h6-9,12-13,17,25H,5,10-11H2,1-4H3/t12-,13+,17-/m0/s1. The number of nitrogens with zero attached hydrogens (tertiary/aromatic N) is 4. The third-order valence-electron chi connectivity index (χ3n) is 5.03. The molecule has 8 heteroatoms. The highest BCUT2D eigenvalue weighted by molar-refractivity contribution is 7.17. The van der Waals surface area contributed by atoms with E-state index in [9.17, 15) is 5.11 Å². The average molecular weight is 403 g/mol.